The van der Waals surface area contributed by atoms with Crippen molar-refractivity contribution in [3.05, 3.63) is 43.2 Å². The van der Waals surface area contributed by atoms with Crippen LogP contribution in [0.3, 0.4) is 0 Å². The van der Waals surface area contributed by atoms with Crippen molar-refractivity contribution in [2.24, 2.45) is 0 Å². The van der Waals surface area contributed by atoms with Gasteiger partial charge in [0.1, 0.15) is 6.61 Å². The first-order chi connectivity index (χ1) is 9.17. The summed E-state index contributed by atoms with van der Waals surface area (Å²) in [6.45, 7) is 0.912. The largest absolute Gasteiger partial charge is 0.534 e. The molecule has 0 saturated heterocycles. The van der Waals surface area contributed by atoms with Gasteiger partial charge >= 0.3 is 36.8 Å². The van der Waals surface area contributed by atoms with E-state index < -0.39 is 49.2 Å². The molecule has 1 aromatic rings. The van der Waals surface area contributed by atoms with Crippen LogP contribution in [0.25, 0.3) is 0 Å². The molecule has 1 rings (SSSR count). The smallest absolute Gasteiger partial charge is 0.388 e. The van der Waals surface area contributed by atoms with Gasteiger partial charge in [0.25, 0.3) is 0 Å². The van der Waals surface area contributed by atoms with Crippen molar-refractivity contribution in [2.45, 2.75) is 12.4 Å². The lowest BCUT2D eigenvalue weighted by Gasteiger charge is -2.08. The number of rotatable bonds is 5. The molecule has 0 heterocycles. The van der Waals surface area contributed by atoms with Crippen LogP contribution in [0.2, 0.25) is 0 Å². The van der Waals surface area contributed by atoms with Gasteiger partial charge < -0.3 is 9.29 Å². The minimum Gasteiger partial charge on any atom is -0.388 e. The highest BCUT2D eigenvalue weighted by molar-refractivity contribution is 7.87. The van der Waals surface area contributed by atoms with Crippen molar-refractivity contribution in [3.8, 4) is 0 Å². The molecule has 0 unspecified atom stereocenters. The Labute approximate surface area is 124 Å². The molecule has 0 radical (unpaired) electrons. The fourth-order valence-corrected chi connectivity index (χ4v) is 3.80. The summed E-state index contributed by atoms with van der Waals surface area (Å²) in [5.74, 6) is -0.613. The van der Waals surface area contributed by atoms with Gasteiger partial charge in [-0.25, -0.2) is 0 Å². The number of benzene rings is 1. The maximum atomic E-state index is 12.1. The summed E-state index contributed by atoms with van der Waals surface area (Å²) in [5.41, 5.74) is -4.57. The highest BCUT2D eigenvalue weighted by atomic mass is 127. The molecular weight excluding hydrogens is 412 g/mol. The average Bonchev–Trinajstić information content (AvgIpc) is 2.34. The summed E-state index contributed by atoms with van der Waals surface area (Å²) < 4.78 is 64.1. The van der Waals surface area contributed by atoms with Crippen LogP contribution in [0.5, 0.6) is 0 Å². The highest BCUT2D eigenvalue weighted by Crippen LogP contribution is 2.26. The van der Waals surface area contributed by atoms with Crippen LogP contribution in [0.15, 0.2) is 34.1 Å². The Morgan fingerprint density at radius 1 is 1.40 bits per heavy atom. The van der Waals surface area contributed by atoms with Crippen LogP contribution in [0.4, 0.5) is 13.2 Å². The molecule has 20 heavy (non-hydrogen) atoms. The van der Waals surface area contributed by atoms with Gasteiger partial charge in [-0.2, -0.15) is 21.6 Å². The normalized spacial score (nSPS) is 13.3. The van der Waals surface area contributed by atoms with Crippen LogP contribution in [-0.4, -0.2) is 25.6 Å². The van der Waals surface area contributed by atoms with E-state index >= 15 is 0 Å². The molecule has 0 aliphatic rings. The minimum absolute atomic E-state index is 0.613. The molecule has 0 aromatic heterocycles. The summed E-state index contributed by atoms with van der Waals surface area (Å²) in [6, 6.07) is 7.19. The second-order valence-corrected chi connectivity index (χ2v) is 7.52. The molecule has 0 spiro atoms. The summed E-state index contributed by atoms with van der Waals surface area (Å²) in [4.78, 5) is 0. The Balaban J connectivity index is 2.88. The van der Waals surface area contributed by atoms with E-state index in [0.29, 0.717) is 0 Å². The number of aryl methyl sites for hydroxylation is 1. The fourth-order valence-electron chi connectivity index (χ4n) is 1.06. The van der Waals surface area contributed by atoms with Crippen LogP contribution in [0, 0.1) is 10.5 Å². The first-order valence-corrected chi connectivity index (χ1v) is 8.90. The van der Waals surface area contributed by atoms with E-state index in [9.17, 15) is 21.6 Å². The predicted molar refractivity (Wildman–Crippen MR) is 61.1 cm³/mol. The van der Waals surface area contributed by atoms with Crippen molar-refractivity contribution in [1.29, 1.82) is 0 Å². The second-order valence-electron chi connectivity index (χ2n) is 3.58. The lowest BCUT2D eigenvalue weighted by Crippen LogP contribution is -3.59. The van der Waals surface area contributed by atoms with E-state index in [1.807, 2.05) is 19.1 Å². The van der Waals surface area contributed by atoms with Crippen LogP contribution >= 0.6 is 0 Å². The topological polar surface area (TPSA) is 63.6 Å². The molecule has 0 aliphatic heterocycles. The van der Waals surface area contributed by atoms with Crippen molar-refractivity contribution in [1.82, 2.24) is 0 Å². The molecular formula is C11H11F3IO4S+. The summed E-state index contributed by atoms with van der Waals surface area (Å²) >= 11 is -0.912. The number of aliphatic hydroxyl groups is 1. The second kappa shape index (κ2) is 6.76. The lowest BCUT2D eigenvalue weighted by molar-refractivity contribution is -0.559. The summed E-state index contributed by atoms with van der Waals surface area (Å²) in [7, 11) is -5.73. The van der Waals surface area contributed by atoms with Crippen molar-refractivity contribution in [3.63, 3.8) is 0 Å². The maximum absolute atomic E-state index is 12.1. The van der Waals surface area contributed by atoms with Crippen molar-refractivity contribution < 1.29 is 52.1 Å². The van der Waals surface area contributed by atoms with Crippen LogP contribution < -0.4 is 21.2 Å². The molecule has 0 atom stereocenters. The van der Waals surface area contributed by atoms with Gasteiger partial charge in [0.15, 0.2) is 9.33 Å². The first-order valence-electron chi connectivity index (χ1n) is 5.17. The average molecular weight is 423 g/mol. The third-order valence-electron chi connectivity index (χ3n) is 2.03. The van der Waals surface area contributed by atoms with Gasteiger partial charge in [-0.1, -0.05) is 18.2 Å². The van der Waals surface area contributed by atoms with E-state index in [1.54, 1.807) is 12.1 Å². The van der Waals surface area contributed by atoms with Crippen LogP contribution in [-0.2, 0) is 14.3 Å². The van der Waals surface area contributed by atoms with Gasteiger partial charge in [0, 0.05) is 5.56 Å². The zero-order chi connectivity index (χ0) is 15.4. The Hall–Kier alpha value is -0.810. The van der Waals surface area contributed by atoms with Gasteiger partial charge in [0.2, 0.25) is 4.08 Å². The Morgan fingerprint density at radius 3 is 2.50 bits per heavy atom. The minimum atomic E-state index is -5.73. The van der Waals surface area contributed by atoms with E-state index in [-0.39, 0.29) is 0 Å². The standard InChI is InChI=1S/C11H11F3IO4S/c1-8-4-2-3-5-10(8)15-6-9(7-16)19-20(17,18)11(12,13)14/h2-6,16H,7H2,1H3/q+1/b9-6+. The van der Waals surface area contributed by atoms with Gasteiger partial charge in [-0.05, 0) is 13.0 Å². The molecule has 0 fully saturated rings. The quantitative estimate of drug-likeness (QED) is 0.285. The first kappa shape index (κ1) is 17.2. The monoisotopic (exact) mass is 423 g/mol. The zero-order valence-electron chi connectivity index (χ0n) is 10.2. The lowest BCUT2D eigenvalue weighted by atomic mass is 10.2. The Bertz CT molecular complexity index is 596. The number of halogens is 4. The third kappa shape index (κ3) is 4.63. The molecule has 4 nitrogen and oxygen atoms in total. The van der Waals surface area contributed by atoms with E-state index in [4.69, 9.17) is 5.11 Å². The van der Waals surface area contributed by atoms with Gasteiger partial charge in [0.05, 0.1) is 0 Å². The molecule has 0 aliphatic carbocycles. The summed E-state index contributed by atoms with van der Waals surface area (Å²) in [6.07, 6.45) is 0. The van der Waals surface area contributed by atoms with Crippen molar-refractivity contribution in [2.75, 3.05) is 6.61 Å². The molecule has 0 bridgehead atoms. The molecule has 0 amide bonds. The van der Waals surface area contributed by atoms with Crippen molar-refractivity contribution >= 4 is 10.1 Å². The van der Waals surface area contributed by atoms with E-state index in [1.165, 1.54) is 4.08 Å². The zero-order valence-corrected chi connectivity index (χ0v) is 13.2. The number of alkyl halides is 3. The van der Waals surface area contributed by atoms with Gasteiger partial charge in [-0.3, -0.25) is 0 Å². The molecule has 112 valence electrons. The predicted octanol–water partition coefficient (Wildman–Crippen LogP) is -1.05. The Kier molecular flexibility index (Phi) is 5.83. The number of aliphatic hydroxyl groups excluding tert-OH is 1. The molecule has 1 N–H and O–H groups in total. The summed E-state index contributed by atoms with van der Waals surface area (Å²) in [5, 5.41) is 8.89. The molecule has 0 saturated carbocycles. The molecule has 9 heteroatoms. The number of hydrogen-bond donors (Lipinski definition) is 1. The maximum Gasteiger partial charge on any atom is 0.534 e. The Morgan fingerprint density at radius 2 is 2.00 bits per heavy atom. The van der Waals surface area contributed by atoms with Crippen LogP contribution in [0.1, 0.15) is 5.56 Å². The van der Waals surface area contributed by atoms with E-state index in [0.717, 1.165) is 9.13 Å². The SMILES string of the molecule is Cc1ccccc1[I+]/C=C(\CO)OS(=O)(=O)C(F)(F)F. The highest BCUT2D eigenvalue weighted by Gasteiger charge is 2.49. The number of hydrogen-bond acceptors (Lipinski definition) is 4. The van der Waals surface area contributed by atoms with E-state index in [2.05, 4.69) is 4.18 Å². The molecule has 1 aromatic carbocycles. The van der Waals surface area contributed by atoms with Gasteiger partial charge in [-0.15, -0.1) is 0 Å². The fraction of sp³-hybridized carbons (Fsp3) is 0.273. The third-order valence-corrected chi connectivity index (χ3v) is 5.91.